The van der Waals surface area contributed by atoms with E-state index in [1.165, 1.54) is 32.4 Å². The van der Waals surface area contributed by atoms with Crippen molar-refractivity contribution in [3.63, 3.8) is 0 Å². The van der Waals surface area contributed by atoms with Crippen LogP contribution in [0, 0.1) is 0 Å². The molecule has 2 aliphatic rings. The molecule has 16 heavy (non-hydrogen) atoms. The van der Waals surface area contributed by atoms with Crippen molar-refractivity contribution in [1.29, 1.82) is 0 Å². The fourth-order valence-corrected chi connectivity index (χ4v) is 2.57. The van der Waals surface area contributed by atoms with Gasteiger partial charge in [0.15, 0.2) is 0 Å². The van der Waals surface area contributed by atoms with Crippen LogP contribution in [0.15, 0.2) is 0 Å². The molecule has 0 saturated carbocycles. The van der Waals surface area contributed by atoms with Crippen LogP contribution in [0.4, 0.5) is 0 Å². The number of hydrogen-bond donors (Lipinski definition) is 1. The molecule has 1 N–H and O–H groups in total. The monoisotopic (exact) mass is 227 g/mol. The zero-order valence-electron chi connectivity index (χ0n) is 10.5. The van der Waals surface area contributed by atoms with Crippen molar-refractivity contribution >= 4 is 0 Å². The van der Waals surface area contributed by atoms with Gasteiger partial charge in [-0.05, 0) is 25.8 Å². The first-order valence-corrected chi connectivity index (χ1v) is 6.71. The molecule has 4 nitrogen and oxygen atoms in total. The third kappa shape index (κ3) is 3.42. The second-order valence-electron chi connectivity index (χ2n) is 4.77. The number of nitrogens with one attached hydrogen (secondary N) is 1. The molecule has 0 aromatic rings. The Labute approximate surface area is 98.9 Å². The van der Waals surface area contributed by atoms with Crippen LogP contribution in [0.1, 0.15) is 26.2 Å². The van der Waals surface area contributed by atoms with Gasteiger partial charge in [-0.15, -0.1) is 0 Å². The molecule has 4 heteroatoms. The second kappa shape index (κ2) is 6.55. The molecule has 1 unspecified atom stereocenters. The summed E-state index contributed by atoms with van der Waals surface area (Å²) in [6, 6.07) is 0.691. The highest BCUT2D eigenvalue weighted by Crippen LogP contribution is 2.13. The Morgan fingerprint density at radius 2 is 2.00 bits per heavy atom. The van der Waals surface area contributed by atoms with E-state index in [1.807, 2.05) is 0 Å². The van der Waals surface area contributed by atoms with Gasteiger partial charge in [-0.1, -0.05) is 6.92 Å². The van der Waals surface area contributed by atoms with E-state index in [1.54, 1.807) is 0 Å². The maximum atomic E-state index is 5.40. The molecule has 2 heterocycles. The zero-order chi connectivity index (χ0) is 11.2. The molecule has 0 spiro atoms. The molecule has 0 bridgehead atoms. The Morgan fingerprint density at radius 3 is 2.75 bits per heavy atom. The Kier molecular flexibility index (Phi) is 5.03. The van der Waals surface area contributed by atoms with E-state index in [4.69, 9.17) is 4.74 Å². The smallest absolute Gasteiger partial charge is 0.0608 e. The van der Waals surface area contributed by atoms with Crippen molar-refractivity contribution < 1.29 is 4.74 Å². The molecule has 0 amide bonds. The predicted molar refractivity (Wildman–Crippen MR) is 65.3 cm³/mol. The van der Waals surface area contributed by atoms with E-state index in [0.29, 0.717) is 6.04 Å². The summed E-state index contributed by atoms with van der Waals surface area (Å²) in [5.74, 6) is 0. The summed E-state index contributed by atoms with van der Waals surface area (Å²) < 4.78 is 5.40. The average Bonchev–Trinajstić information content (AvgIpc) is 2.38. The lowest BCUT2D eigenvalue weighted by molar-refractivity contribution is -0.103. The molecule has 2 rings (SSSR count). The largest absolute Gasteiger partial charge is 0.379 e. The minimum absolute atomic E-state index is 0.691. The van der Waals surface area contributed by atoms with Crippen molar-refractivity contribution in [1.82, 2.24) is 15.3 Å². The van der Waals surface area contributed by atoms with Crippen LogP contribution in [0.5, 0.6) is 0 Å². The number of hydrogen-bond acceptors (Lipinski definition) is 4. The summed E-state index contributed by atoms with van der Waals surface area (Å²) in [5.41, 5.74) is 0. The van der Waals surface area contributed by atoms with Gasteiger partial charge in [-0.2, -0.15) is 0 Å². The van der Waals surface area contributed by atoms with Gasteiger partial charge < -0.3 is 10.1 Å². The van der Waals surface area contributed by atoms with Crippen LogP contribution in [0.3, 0.4) is 0 Å². The average molecular weight is 227 g/mol. The third-order valence-corrected chi connectivity index (χ3v) is 3.47. The Morgan fingerprint density at radius 1 is 1.19 bits per heavy atom. The molecule has 2 fully saturated rings. The summed E-state index contributed by atoms with van der Waals surface area (Å²) >= 11 is 0. The summed E-state index contributed by atoms with van der Waals surface area (Å²) in [6.07, 6.45) is 3.88. The van der Waals surface area contributed by atoms with Gasteiger partial charge in [-0.3, -0.25) is 0 Å². The number of morpholine rings is 1. The number of rotatable bonds is 4. The molecule has 0 aromatic heterocycles. The number of hydrazine groups is 1. The second-order valence-corrected chi connectivity index (χ2v) is 4.77. The quantitative estimate of drug-likeness (QED) is 0.765. The lowest BCUT2D eigenvalue weighted by Crippen LogP contribution is -2.55. The minimum Gasteiger partial charge on any atom is -0.379 e. The molecule has 2 saturated heterocycles. The Bertz CT molecular complexity index is 195. The molecule has 0 radical (unpaired) electrons. The van der Waals surface area contributed by atoms with Crippen molar-refractivity contribution in [3.05, 3.63) is 0 Å². The fraction of sp³-hybridized carbons (Fsp3) is 1.00. The van der Waals surface area contributed by atoms with E-state index in [2.05, 4.69) is 22.3 Å². The molecular formula is C12H25N3O. The molecule has 0 aromatic carbocycles. The SMILES string of the molecule is CCCNC1CCCN(N2CCOCC2)C1. The van der Waals surface area contributed by atoms with Gasteiger partial charge in [0.05, 0.1) is 13.2 Å². The Balaban J connectivity index is 1.76. The topological polar surface area (TPSA) is 27.7 Å². The summed E-state index contributed by atoms with van der Waals surface area (Å²) in [4.78, 5) is 0. The lowest BCUT2D eigenvalue weighted by atomic mass is 10.1. The van der Waals surface area contributed by atoms with Crippen LogP contribution >= 0.6 is 0 Å². The predicted octanol–water partition coefficient (Wildman–Crippen LogP) is 0.698. The van der Waals surface area contributed by atoms with Gasteiger partial charge in [0, 0.05) is 32.2 Å². The molecule has 0 aliphatic carbocycles. The van der Waals surface area contributed by atoms with E-state index in [0.717, 1.165) is 32.8 Å². The first-order chi connectivity index (χ1) is 7.90. The van der Waals surface area contributed by atoms with Gasteiger partial charge in [0.1, 0.15) is 0 Å². The number of piperidine rings is 1. The standard InChI is InChI=1S/C12H25N3O/c1-2-5-13-12-4-3-6-15(11-12)14-7-9-16-10-8-14/h12-13H,2-11H2,1H3. The maximum Gasteiger partial charge on any atom is 0.0608 e. The molecule has 94 valence electrons. The zero-order valence-corrected chi connectivity index (χ0v) is 10.5. The van der Waals surface area contributed by atoms with E-state index in [-0.39, 0.29) is 0 Å². The first kappa shape index (κ1) is 12.3. The van der Waals surface area contributed by atoms with Crippen LogP contribution in [0.25, 0.3) is 0 Å². The Hall–Kier alpha value is -0.160. The number of nitrogens with zero attached hydrogens (tertiary/aromatic N) is 2. The van der Waals surface area contributed by atoms with Gasteiger partial charge in [0.25, 0.3) is 0 Å². The maximum absolute atomic E-state index is 5.40. The fourth-order valence-electron chi connectivity index (χ4n) is 2.57. The van der Waals surface area contributed by atoms with E-state index < -0.39 is 0 Å². The molecule has 1 atom stereocenters. The van der Waals surface area contributed by atoms with Gasteiger partial charge in [-0.25, -0.2) is 10.0 Å². The van der Waals surface area contributed by atoms with Crippen LogP contribution in [-0.4, -0.2) is 62.0 Å². The van der Waals surface area contributed by atoms with Crippen molar-refractivity contribution in [2.24, 2.45) is 0 Å². The number of ether oxygens (including phenoxy) is 1. The minimum atomic E-state index is 0.691. The summed E-state index contributed by atoms with van der Waals surface area (Å²) in [7, 11) is 0. The molecular weight excluding hydrogens is 202 g/mol. The summed E-state index contributed by atoms with van der Waals surface area (Å²) in [5, 5.41) is 8.64. The van der Waals surface area contributed by atoms with Crippen molar-refractivity contribution in [2.45, 2.75) is 32.2 Å². The third-order valence-electron chi connectivity index (χ3n) is 3.47. The normalized spacial score (nSPS) is 29.4. The van der Waals surface area contributed by atoms with Crippen LogP contribution < -0.4 is 5.32 Å². The van der Waals surface area contributed by atoms with Crippen LogP contribution in [0.2, 0.25) is 0 Å². The lowest BCUT2D eigenvalue weighted by Gasteiger charge is -2.42. The van der Waals surface area contributed by atoms with E-state index >= 15 is 0 Å². The summed E-state index contributed by atoms with van der Waals surface area (Å²) in [6.45, 7) is 9.72. The van der Waals surface area contributed by atoms with Crippen LogP contribution in [-0.2, 0) is 4.74 Å². The van der Waals surface area contributed by atoms with Gasteiger partial charge in [0.2, 0.25) is 0 Å². The van der Waals surface area contributed by atoms with Crippen molar-refractivity contribution in [3.8, 4) is 0 Å². The highest BCUT2D eigenvalue weighted by Gasteiger charge is 2.24. The van der Waals surface area contributed by atoms with Gasteiger partial charge >= 0.3 is 0 Å². The highest BCUT2D eigenvalue weighted by molar-refractivity contribution is 4.77. The first-order valence-electron chi connectivity index (χ1n) is 6.71. The van der Waals surface area contributed by atoms with Crippen molar-refractivity contribution in [2.75, 3.05) is 45.9 Å². The van der Waals surface area contributed by atoms with E-state index in [9.17, 15) is 0 Å². The molecule has 2 aliphatic heterocycles. The highest BCUT2D eigenvalue weighted by atomic mass is 16.5.